The van der Waals surface area contributed by atoms with Gasteiger partial charge in [0.1, 0.15) is 11.6 Å². The summed E-state index contributed by atoms with van der Waals surface area (Å²) in [5, 5.41) is 6.76. The van der Waals surface area contributed by atoms with Crippen LogP contribution in [0, 0.1) is 0 Å². The van der Waals surface area contributed by atoms with Crippen LogP contribution in [-0.2, 0) is 16.0 Å². The van der Waals surface area contributed by atoms with Crippen LogP contribution >= 0.6 is 0 Å². The van der Waals surface area contributed by atoms with Gasteiger partial charge in [-0.25, -0.2) is 0 Å². The van der Waals surface area contributed by atoms with E-state index in [1.807, 2.05) is 51.1 Å². The van der Waals surface area contributed by atoms with Gasteiger partial charge in [0.05, 0.1) is 0 Å². The highest BCUT2D eigenvalue weighted by Crippen LogP contribution is 2.13. The summed E-state index contributed by atoms with van der Waals surface area (Å²) in [7, 11) is 0. The molecule has 2 N–H and O–H groups in total. The van der Waals surface area contributed by atoms with Gasteiger partial charge in [-0.3, -0.25) is 4.79 Å². The largest absolute Gasteiger partial charge is 0.459 e. The van der Waals surface area contributed by atoms with E-state index in [1.165, 1.54) is 0 Å². The third-order valence-electron chi connectivity index (χ3n) is 3.47. The molecule has 0 amide bonds. The van der Waals surface area contributed by atoms with Gasteiger partial charge >= 0.3 is 5.97 Å². The van der Waals surface area contributed by atoms with Crippen LogP contribution in [0.3, 0.4) is 0 Å². The highest BCUT2D eigenvalue weighted by Gasteiger charge is 2.28. The highest BCUT2D eigenvalue weighted by atomic mass is 16.6. The summed E-state index contributed by atoms with van der Waals surface area (Å²) in [5.74, 6) is -0.168. The first-order chi connectivity index (χ1) is 9.94. The second-order valence-corrected chi connectivity index (χ2v) is 6.63. The first-order valence-corrected chi connectivity index (χ1v) is 7.67. The van der Waals surface area contributed by atoms with Gasteiger partial charge in [0, 0.05) is 12.6 Å². The summed E-state index contributed by atoms with van der Waals surface area (Å²) >= 11 is 0. The van der Waals surface area contributed by atoms with Crippen LogP contribution in [0.5, 0.6) is 0 Å². The minimum absolute atomic E-state index is 0.168. The Balaban J connectivity index is 2.03. The Morgan fingerprint density at radius 1 is 1.38 bits per heavy atom. The highest BCUT2D eigenvalue weighted by molar-refractivity contribution is 5.76. The van der Waals surface area contributed by atoms with Gasteiger partial charge in [-0.15, -0.1) is 0 Å². The predicted octanol–water partition coefficient (Wildman–Crippen LogP) is 1.89. The smallest absolute Gasteiger partial charge is 0.324 e. The van der Waals surface area contributed by atoms with E-state index in [4.69, 9.17) is 4.74 Å². The van der Waals surface area contributed by atoms with E-state index in [-0.39, 0.29) is 12.0 Å². The molecule has 4 heteroatoms. The molecule has 0 saturated carbocycles. The van der Waals surface area contributed by atoms with Crippen LogP contribution in [0.15, 0.2) is 30.3 Å². The fourth-order valence-electron chi connectivity index (χ4n) is 2.51. The van der Waals surface area contributed by atoms with E-state index < -0.39 is 5.60 Å². The fraction of sp³-hybridized carbons (Fsp3) is 0.588. The van der Waals surface area contributed by atoms with Crippen LogP contribution in [-0.4, -0.2) is 36.7 Å². The van der Waals surface area contributed by atoms with E-state index >= 15 is 0 Å². The number of rotatable bonds is 5. The summed E-state index contributed by atoms with van der Waals surface area (Å²) in [5.41, 5.74) is 0.688. The van der Waals surface area contributed by atoms with E-state index in [2.05, 4.69) is 10.6 Å². The molecule has 0 aromatic heterocycles. The number of nitrogens with one attached hydrogen (secondary N) is 2. The van der Waals surface area contributed by atoms with E-state index in [9.17, 15) is 4.79 Å². The molecule has 1 aliphatic rings. The van der Waals surface area contributed by atoms with Crippen molar-refractivity contribution in [1.82, 2.24) is 10.6 Å². The summed E-state index contributed by atoms with van der Waals surface area (Å²) in [6.45, 7) is 7.63. The van der Waals surface area contributed by atoms with Crippen LogP contribution in [0.2, 0.25) is 0 Å². The molecular formula is C17H26N2O2. The molecule has 2 unspecified atom stereocenters. The monoisotopic (exact) mass is 290 g/mol. The van der Waals surface area contributed by atoms with Gasteiger partial charge in [-0.2, -0.15) is 0 Å². The van der Waals surface area contributed by atoms with Crippen LogP contribution in [0.4, 0.5) is 0 Å². The first kappa shape index (κ1) is 16.0. The second kappa shape index (κ2) is 7.05. The third-order valence-corrected chi connectivity index (χ3v) is 3.47. The minimum atomic E-state index is -0.457. The molecule has 4 nitrogen and oxygen atoms in total. The van der Waals surface area contributed by atoms with Crippen molar-refractivity contribution in [2.45, 2.75) is 51.3 Å². The average molecular weight is 290 g/mol. The van der Waals surface area contributed by atoms with Gasteiger partial charge in [0.15, 0.2) is 0 Å². The minimum Gasteiger partial charge on any atom is -0.459 e. The Kier molecular flexibility index (Phi) is 5.37. The summed E-state index contributed by atoms with van der Waals surface area (Å²) in [6, 6.07) is 10.1. The Morgan fingerprint density at radius 2 is 2.10 bits per heavy atom. The second-order valence-electron chi connectivity index (χ2n) is 6.63. The van der Waals surface area contributed by atoms with Crippen LogP contribution in [0.1, 0.15) is 32.8 Å². The van der Waals surface area contributed by atoms with Crippen molar-refractivity contribution in [2.24, 2.45) is 0 Å². The molecule has 1 aromatic rings. The Bertz CT molecular complexity index is 448. The Morgan fingerprint density at radius 3 is 2.67 bits per heavy atom. The molecule has 0 radical (unpaired) electrons. The lowest BCUT2D eigenvalue weighted by molar-refractivity contribution is -0.157. The number of carbonyl (C=O) groups excluding carboxylic acids is 1. The summed E-state index contributed by atoms with van der Waals surface area (Å²) in [4.78, 5) is 12.4. The van der Waals surface area contributed by atoms with Crippen LogP contribution < -0.4 is 10.6 Å². The van der Waals surface area contributed by atoms with E-state index in [0.29, 0.717) is 12.5 Å². The van der Waals surface area contributed by atoms with Crippen molar-refractivity contribution in [2.75, 3.05) is 13.1 Å². The predicted molar refractivity (Wildman–Crippen MR) is 84.2 cm³/mol. The average Bonchev–Trinajstić information content (AvgIpc) is 2.90. The molecule has 116 valence electrons. The van der Waals surface area contributed by atoms with Crippen molar-refractivity contribution < 1.29 is 9.53 Å². The number of ether oxygens (including phenoxy) is 1. The van der Waals surface area contributed by atoms with Crippen molar-refractivity contribution in [3.05, 3.63) is 35.9 Å². The lowest BCUT2D eigenvalue weighted by Crippen LogP contribution is -2.48. The number of carbonyl (C=O) groups is 1. The molecule has 1 heterocycles. The molecule has 0 aliphatic carbocycles. The molecule has 2 atom stereocenters. The molecule has 0 spiro atoms. The lowest BCUT2D eigenvalue weighted by Gasteiger charge is -2.26. The number of benzene rings is 1. The van der Waals surface area contributed by atoms with Crippen molar-refractivity contribution in [3.8, 4) is 0 Å². The summed E-state index contributed by atoms with van der Waals surface area (Å²) < 4.78 is 5.56. The maximum absolute atomic E-state index is 12.4. The van der Waals surface area contributed by atoms with E-state index in [1.54, 1.807) is 0 Å². The van der Waals surface area contributed by atoms with Crippen molar-refractivity contribution in [3.63, 3.8) is 0 Å². The molecule has 2 rings (SSSR count). The third kappa shape index (κ3) is 5.48. The Labute approximate surface area is 127 Å². The molecule has 0 bridgehead atoms. The molecule has 1 aromatic carbocycles. The fourth-order valence-corrected chi connectivity index (χ4v) is 2.51. The van der Waals surface area contributed by atoms with Gasteiger partial charge in [-0.05, 0) is 45.7 Å². The molecular weight excluding hydrogens is 264 g/mol. The number of hydrogen-bond donors (Lipinski definition) is 2. The standard InChI is InChI=1S/C17H26N2O2/c1-17(2,3)21-16(20)15(19-14-9-10-18-12-14)11-13-7-5-4-6-8-13/h4-8,14-15,18-19H,9-12H2,1-3H3. The number of hydrogen-bond acceptors (Lipinski definition) is 4. The van der Waals surface area contributed by atoms with Crippen molar-refractivity contribution >= 4 is 5.97 Å². The topological polar surface area (TPSA) is 50.4 Å². The van der Waals surface area contributed by atoms with Crippen LogP contribution in [0.25, 0.3) is 0 Å². The Hall–Kier alpha value is -1.39. The molecule has 1 fully saturated rings. The zero-order chi connectivity index (χ0) is 15.3. The first-order valence-electron chi connectivity index (χ1n) is 7.67. The molecule has 1 saturated heterocycles. The molecule has 1 aliphatic heterocycles. The maximum Gasteiger partial charge on any atom is 0.324 e. The van der Waals surface area contributed by atoms with Crippen molar-refractivity contribution in [1.29, 1.82) is 0 Å². The zero-order valence-electron chi connectivity index (χ0n) is 13.2. The number of esters is 1. The van der Waals surface area contributed by atoms with Gasteiger partial charge in [0.25, 0.3) is 0 Å². The SMILES string of the molecule is CC(C)(C)OC(=O)C(Cc1ccccc1)NC1CCNC1. The zero-order valence-corrected chi connectivity index (χ0v) is 13.2. The van der Waals surface area contributed by atoms with Gasteiger partial charge in [0.2, 0.25) is 0 Å². The maximum atomic E-state index is 12.4. The lowest BCUT2D eigenvalue weighted by atomic mass is 10.0. The molecule has 21 heavy (non-hydrogen) atoms. The van der Waals surface area contributed by atoms with E-state index in [0.717, 1.165) is 25.1 Å². The summed E-state index contributed by atoms with van der Waals surface area (Å²) in [6.07, 6.45) is 1.71. The quantitative estimate of drug-likeness (QED) is 0.813. The van der Waals surface area contributed by atoms with Gasteiger partial charge in [-0.1, -0.05) is 30.3 Å². The van der Waals surface area contributed by atoms with Gasteiger partial charge < -0.3 is 15.4 Å². The normalized spacial score (nSPS) is 20.2.